The fourth-order valence-electron chi connectivity index (χ4n) is 1.72. The van der Waals surface area contributed by atoms with E-state index in [2.05, 4.69) is 24.3 Å². The zero-order valence-electron chi connectivity index (χ0n) is 10.8. The van der Waals surface area contributed by atoms with Crippen LogP contribution in [0.4, 0.5) is 0 Å². The summed E-state index contributed by atoms with van der Waals surface area (Å²) in [7, 11) is 4.10. The van der Waals surface area contributed by atoms with Crippen LogP contribution in [-0.4, -0.2) is 42.3 Å². The summed E-state index contributed by atoms with van der Waals surface area (Å²) in [5.74, 6) is 0.226. The second-order valence-electron chi connectivity index (χ2n) is 4.58. The van der Waals surface area contributed by atoms with Gasteiger partial charge in [-0.3, -0.25) is 0 Å². The van der Waals surface area contributed by atoms with Gasteiger partial charge >= 0.3 is 0 Å². The van der Waals surface area contributed by atoms with Crippen molar-refractivity contribution in [3.8, 4) is 11.5 Å². The van der Waals surface area contributed by atoms with E-state index in [1.54, 1.807) is 12.1 Å². The second kappa shape index (κ2) is 6.47. The first-order chi connectivity index (χ1) is 8.00. The van der Waals surface area contributed by atoms with Crippen molar-refractivity contribution in [1.82, 2.24) is 10.2 Å². The number of benzene rings is 1. The minimum atomic E-state index is 0.0813. The first-order valence-corrected chi connectivity index (χ1v) is 5.90. The molecule has 0 aromatic heterocycles. The molecular weight excluding hydrogens is 216 g/mol. The predicted octanol–water partition coefficient (Wildman–Crippen LogP) is 1.70. The summed E-state index contributed by atoms with van der Waals surface area (Å²) < 4.78 is 0. The van der Waals surface area contributed by atoms with Gasteiger partial charge in [-0.2, -0.15) is 0 Å². The van der Waals surface area contributed by atoms with Crippen molar-refractivity contribution in [2.24, 2.45) is 0 Å². The molecule has 0 aliphatic heterocycles. The Morgan fingerprint density at radius 1 is 1.29 bits per heavy atom. The summed E-state index contributed by atoms with van der Waals surface area (Å²) in [6, 6.07) is 4.78. The second-order valence-corrected chi connectivity index (χ2v) is 4.58. The first-order valence-electron chi connectivity index (χ1n) is 5.90. The fraction of sp³-hybridized carbons (Fsp3) is 0.538. The predicted molar refractivity (Wildman–Crippen MR) is 69.4 cm³/mol. The summed E-state index contributed by atoms with van der Waals surface area (Å²) in [6.45, 7) is 3.95. The molecule has 0 heterocycles. The monoisotopic (exact) mass is 238 g/mol. The summed E-state index contributed by atoms with van der Waals surface area (Å²) in [4.78, 5) is 2.14. The fourth-order valence-corrected chi connectivity index (χ4v) is 1.72. The van der Waals surface area contributed by atoms with Gasteiger partial charge in [0.15, 0.2) is 0 Å². The Morgan fingerprint density at radius 2 is 2.00 bits per heavy atom. The largest absolute Gasteiger partial charge is 0.508 e. The van der Waals surface area contributed by atoms with E-state index in [1.807, 2.05) is 6.92 Å². The van der Waals surface area contributed by atoms with Crippen LogP contribution in [0, 0.1) is 0 Å². The van der Waals surface area contributed by atoms with Crippen LogP contribution in [0.2, 0.25) is 0 Å². The number of aromatic hydroxyl groups is 2. The number of phenols is 2. The van der Waals surface area contributed by atoms with E-state index in [4.69, 9.17) is 0 Å². The molecule has 0 radical (unpaired) electrons. The zero-order valence-corrected chi connectivity index (χ0v) is 10.8. The van der Waals surface area contributed by atoms with Crippen LogP contribution in [-0.2, 0) is 0 Å². The molecular formula is C13H22N2O2. The minimum absolute atomic E-state index is 0.0813. The van der Waals surface area contributed by atoms with E-state index in [0.717, 1.165) is 25.1 Å². The molecule has 17 heavy (non-hydrogen) atoms. The average molecular weight is 238 g/mol. The highest BCUT2D eigenvalue weighted by atomic mass is 16.3. The summed E-state index contributed by atoms with van der Waals surface area (Å²) in [6.07, 6.45) is 1.07. The van der Waals surface area contributed by atoms with Gasteiger partial charge < -0.3 is 20.4 Å². The van der Waals surface area contributed by atoms with Gasteiger partial charge in [0.05, 0.1) is 0 Å². The summed E-state index contributed by atoms with van der Waals surface area (Å²) >= 11 is 0. The van der Waals surface area contributed by atoms with Gasteiger partial charge in [0.2, 0.25) is 0 Å². The van der Waals surface area contributed by atoms with E-state index in [1.165, 1.54) is 6.07 Å². The Bertz CT molecular complexity index is 353. The Kier molecular flexibility index (Phi) is 5.25. The van der Waals surface area contributed by atoms with Gasteiger partial charge in [-0.05, 0) is 46.6 Å². The maximum absolute atomic E-state index is 9.70. The highest BCUT2D eigenvalue weighted by molar-refractivity contribution is 5.40. The molecule has 0 amide bonds. The Balaban J connectivity index is 2.44. The lowest BCUT2D eigenvalue weighted by atomic mass is 10.1. The SMILES string of the molecule is CC(NCCCN(C)C)c1ccc(O)cc1O. The Labute approximate surface area is 103 Å². The molecule has 3 N–H and O–H groups in total. The first kappa shape index (κ1) is 13.8. The van der Waals surface area contributed by atoms with Crippen molar-refractivity contribution in [1.29, 1.82) is 0 Å². The molecule has 0 bridgehead atoms. The third-order valence-corrected chi connectivity index (χ3v) is 2.71. The van der Waals surface area contributed by atoms with E-state index in [0.29, 0.717) is 0 Å². The molecule has 1 atom stereocenters. The molecule has 1 rings (SSSR count). The Hall–Kier alpha value is -1.26. The van der Waals surface area contributed by atoms with Gasteiger partial charge in [0, 0.05) is 17.7 Å². The average Bonchev–Trinajstić information content (AvgIpc) is 2.23. The van der Waals surface area contributed by atoms with Crippen molar-refractivity contribution in [2.45, 2.75) is 19.4 Å². The van der Waals surface area contributed by atoms with Gasteiger partial charge in [-0.1, -0.05) is 6.07 Å². The maximum Gasteiger partial charge on any atom is 0.124 e. The molecule has 0 fully saturated rings. The molecule has 0 saturated carbocycles. The third-order valence-electron chi connectivity index (χ3n) is 2.71. The van der Waals surface area contributed by atoms with Crippen molar-refractivity contribution in [3.63, 3.8) is 0 Å². The molecule has 4 heteroatoms. The van der Waals surface area contributed by atoms with Crippen LogP contribution in [0.5, 0.6) is 11.5 Å². The smallest absolute Gasteiger partial charge is 0.124 e. The van der Waals surface area contributed by atoms with E-state index >= 15 is 0 Å². The quantitative estimate of drug-likeness (QED) is 0.660. The molecule has 0 spiro atoms. The van der Waals surface area contributed by atoms with Crippen LogP contribution in [0.1, 0.15) is 24.9 Å². The topological polar surface area (TPSA) is 55.7 Å². The third kappa shape index (κ3) is 4.63. The minimum Gasteiger partial charge on any atom is -0.508 e. The van der Waals surface area contributed by atoms with Crippen molar-refractivity contribution in [3.05, 3.63) is 23.8 Å². The molecule has 4 nitrogen and oxygen atoms in total. The molecule has 1 unspecified atom stereocenters. The van der Waals surface area contributed by atoms with E-state index in [9.17, 15) is 10.2 Å². The number of nitrogens with zero attached hydrogens (tertiary/aromatic N) is 1. The number of phenolic OH excluding ortho intramolecular Hbond substituents is 2. The van der Waals surface area contributed by atoms with Gasteiger partial charge in [0.1, 0.15) is 11.5 Å². The lowest BCUT2D eigenvalue weighted by molar-refractivity contribution is 0.386. The molecule has 1 aromatic carbocycles. The van der Waals surface area contributed by atoms with Gasteiger partial charge in [-0.15, -0.1) is 0 Å². The highest BCUT2D eigenvalue weighted by Crippen LogP contribution is 2.27. The number of nitrogens with one attached hydrogen (secondary N) is 1. The number of rotatable bonds is 6. The molecule has 1 aromatic rings. The standard InChI is InChI=1S/C13H22N2O2/c1-10(14-7-4-8-15(2)3)12-6-5-11(16)9-13(12)17/h5-6,9-10,14,16-17H,4,7-8H2,1-3H3. The number of hydrogen-bond acceptors (Lipinski definition) is 4. The van der Waals surface area contributed by atoms with Gasteiger partial charge in [0.25, 0.3) is 0 Å². The lowest BCUT2D eigenvalue weighted by Gasteiger charge is -2.16. The van der Waals surface area contributed by atoms with Crippen molar-refractivity contribution >= 4 is 0 Å². The van der Waals surface area contributed by atoms with Crippen LogP contribution < -0.4 is 5.32 Å². The van der Waals surface area contributed by atoms with Crippen LogP contribution in [0.15, 0.2) is 18.2 Å². The lowest BCUT2D eigenvalue weighted by Crippen LogP contribution is -2.23. The van der Waals surface area contributed by atoms with E-state index in [-0.39, 0.29) is 17.5 Å². The Morgan fingerprint density at radius 3 is 2.59 bits per heavy atom. The van der Waals surface area contributed by atoms with Crippen LogP contribution in [0.25, 0.3) is 0 Å². The van der Waals surface area contributed by atoms with Crippen LogP contribution >= 0.6 is 0 Å². The van der Waals surface area contributed by atoms with Crippen molar-refractivity contribution in [2.75, 3.05) is 27.2 Å². The summed E-state index contributed by atoms with van der Waals surface area (Å²) in [5, 5.41) is 22.3. The van der Waals surface area contributed by atoms with Gasteiger partial charge in [-0.25, -0.2) is 0 Å². The molecule has 96 valence electrons. The zero-order chi connectivity index (χ0) is 12.8. The summed E-state index contributed by atoms with van der Waals surface area (Å²) in [5.41, 5.74) is 0.813. The van der Waals surface area contributed by atoms with Crippen LogP contribution in [0.3, 0.4) is 0 Å². The molecule has 0 aliphatic carbocycles. The maximum atomic E-state index is 9.70. The normalized spacial score (nSPS) is 12.9. The highest BCUT2D eigenvalue weighted by Gasteiger charge is 2.09. The van der Waals surface area contributed by atoms with E-state index < -0.39 is 0 Å². The molecule has 0 saturated heterocycles. The van der Waals surface area contributed by atoms with Crippen molar-refractivity contribution < 1.29 is 10.2 Å². The number of hydrogen-bond donors (Lipinski definition) is 3. The molecule has 0 aliphatic rings.